The highest BCUT2D eigenvalue weighted by Gasteiger charge is 2.33. The summed E-state index contributed by atoms with van der Waals surface area (Å²) < 4.78 is 0. The Labute approximate surface area is 132 Å². The Morgan fingerprint density at radius 2 is 1.71 bits per heavy atom. The molecule has 3 nitrogen and oxygen atoms in total. The Morgan fingerprint density at radius 1 is 0.952 bits per heavy atom. The molecule has 2 aliphatic rings. The number of hydrogen-bond acceptors (Lipinski definition) is 3. The molecule has 3 unspecified atom stereocenters. The molecule has 0 amide bonds. The lowest BCUT2D eigenvalue weighted by molar-refractivity contribution is 0.0856. The summed E-state index contributed by atoms with van der Waals surface area (Å²) in [4.78, 5) is 5.43. The average Bonchev–Trinajstić information content (AvgIpc) is 2.64. The van der Waals surface area contributed by atoms with Gasteiger partial charge in [0.25, 0.3) is 0 Å². The fourth-order valence-electron chi connectivity index (χ4n) is 4.42. The summed E-state index contributed by atoms with van der Waals surface area (Å²) >= 11 is 0. The van der Waals surface area contributed by atoms with Gasteiger partial charge in [-0.2, -0.15) is 0 Å². The first-order valence-corrected chi connectivity index (χ1v) is 9.44. The largest absolute Gasteiger partial charge is 0.313 e. The zero-order valence-corrected chi connectivity index (χ0v) is 14.6. The Morgan fingerprint density at radius 3 is 2.43 bits per heavy atom. The maximum absolute atomic E-state index is 3.82. The first-order valence-electron chi connectivity index (χ1n) is 9.44. The smallest absolute Gasteiger partial charge is 0.0252 e. The first-order chi connectivity index (χ1) is 10.3. The van der Waals surface area contributed by atoms with E-state index in [1.165, 1.54) is 71.0 Å². The third-order valence-electron chi connectivity index (χ3n) is 5.54. The summed E-state index contributed by atoms with van der Waals surface area (Å²) in [6, 6.07) is 2.23. The number of hydrogen-bond donors (Lipinski definition) is 1. The number of likely N-dealkylation sites (N-methyl/N-ethyl adjacent to an activating group) is 2. The second kappa shape index (κ2) is 9.12. The molecule has 124 valence electrons. The molecule has 1 saturated carbocycles. The number of nitrogens with one attached hydrogen (secondary N) is 1. The van der Waals surface area contributed by atoms with Crippen LogP contribution in [-0.2, 0) is 0 Å². The SMILES string of the molecule is CCNC1CCCCCCC1N1CCCN(C)CC1CC. The minimum Gasteiger partial charge on any atom is -0.313 e. The molecule has 0 radical (unpaired) electrons. The molecule has 1 saturated heterocycles. The zero-order chi connectivity index (χ0) is 15.1. The Bertz CT molecular complexity index is 282. The van der Waals surface area contributed by atoms with E-state index in [0.29, 0.717) is 6.04 Å². The van der Waals surface area contributed by atoms with Crippen molar-refractivity contribution < 1.29 is 0 Å². The summed E-state index contributed by atoms with van der Waals surface area (Å²) in [5.41, 5.74) is 0. The highest BCUT2D eigenvalue weighted by molar-refractivity contribution is 4.91. The second-order valence-electron chi connectivity index (χ2n) is 7.14. The zero-order valence-electron chi connectivity index (χ0n) is 14.6. The Hall–Kier alpha value is -0.120. The van der Waals surface area contributed by atoms with Gasteiger partial charge in [0.2, 0.25) is 0 Å². The van der Waals surface area contributed by atoms with Gasteiger partial charge in [-0.3, -0.25) is 4.90 Å². The van der Waals surface area contributed by atoms with Crippen LogP contribution in [-0.4, -0.2) is 61.2 Å². The van der Waals surface area contributed by atoms with Crippen molar-refractivity contribution in [1.29, 1.82) is 0 Å². The molecular formula is C18H37N3. The van der Waals surface area contributed by atoms with Crippen LogP contribution < -0.4 is 5.32 Å². The number of nitrogens with zero attached hydrogens (tertiary/aromatic N) is 2. The van der Waals surface area contributed by atoms with Gasteiger partial charge in [-0.25, -0.2) is 0 Å². The molecule has 21 heavy (non-hydrogen) atoms. The third-order valence-corrected chi connectivity index (χ3v) is 5.54. The molecule has 0 aromatic rings. The Kier molecular flexibility index (Phi) is 7.48. The van der Waals surface area contributed by atoms with Crippen molar-refractivity contribution >= 4 is 0 Å². The van der Waals surface area contributed by atoms with Crippen LogP contribution in [0.25, 0.3) is 0 Å². The molecule has 0 bridgehead atoms. The van der Waals surface area contributed by atoms with Crippen molar-refractivity contribution in [3.05, 3.63) is 0 Å². The van der Waals surface area contributed by atoms with Gasteiger partial charge in [-0.1, -0.05) is 39.5 Å². The van der Waals surface area contributed by atoms with Crippen molar-refractivity contribution in [3.63, 3.8) is 0 Å². The molecule has 1 heterocycles. The molecule has 0 aromatic heterocycles. The van der Waals surface area contributed by atoms with Crippen LogP contribution in [0.2, 0.25) is 0 Å². The molecule has 1 aliphatic heterocycles. The van der Waals surface area contributed by atoms with Gasteiger partial charge in [0.15, 0.2) is 0 Å². The summed E-state index contributed by atoms with van der Waals surface area (Å²) in [6.45, 7) is 9.59. The average molecular weight is 296 g/mol. The monoisotopic (exact) mass is 295 g/mol. The van der Waals surface area contributed by atoms with Gasteiger partial charge in [0.05, 0.1) is 0 Å². The van der Waals surface area contributed by atoms with E-state index < -0.39 is 0 Å². The topological polar surface area (TPSA) is 18.5 Å². The van der Waals surface area contributed by atoms with Crippen LogP contribution in [0.15, 0.2) is 0 Å². The molecule has 0 aromatic carbocycles. The Balaban J connectivity index is 2.11. The van der Waals surface area contributed by atoms with Crippen LogP contribution >= 0.6 is 0 Å². The molecular weight excluding hydrogens is 258 g/mol. The summed E-state index contributed by atoms with van der Waals surface area (Å²) in [5.74, 6) is 0. The van der Waals surface area contributed by atoms with Gasteiger partial charge >= 0.3 is 0 Å². The maximum Gasteiger partial charge on any atom is 0.0252 e. The normalized spacial score (nSPS) is 34.1. The van der Waals surface area contributed by atoms with Crippen molar-refractivity contribution in [2.24, 2.45) is 0 Å². The quantitative estimate of drug-likeness (QED) is 0.860. The highest BCUT2D eigenvalue weighted by atomic mass is 15.3. The fourth-order valence-corrected chi connectivity index (χ4v) is 4.42. The van der Waals surface area contributed by atoms with Gasteiger partial charge < -0.3 is 10.2 Å². The summed E-state index contributed by atoms with van der Waals surface area (Å²) in [7, 11) is 2.30. The standard InChI is InChI=1S/C18H37N3/c1-4-16-15-20(3)13-10-14-21(16)18-12-9-7-6-8-11-17(18)19-5-2/h16-19H,4-15H2,1-3H3. The lowest BCUT2D eigenvalue weighted by Gasteiger charge is -2.42. The summed E-state index contributed by atoms with van der Waals surface area (Å²) in [5, 5.41) is 3.82. The van der Waals surface area contributed by atoms with E-state index >= 15 is 0 Å². The first kappa shape index (κ1) is 17.2. The molecule has 1 N–H and O–H groups in total. The molecule has 0 spiro atoms. The van der Waals surface area contributed by atoms with E-state index in [1.807, 2.05) is 0 Å². The molecule has 1 aliphatic carbocycles. The highest BCUT2D eigenvalue weighted by Crippen LogP contribution is 2.26. The van der Waals surface area contributed by atoms with Crippen molar-refractivity contribution in [2.45, 2.75) is 83.3 Å². The van der Waals surface area contributed by atoms with Crippen LogP contribution in [0.1, 0.15) is 65.2 Å². The lowest BCUT2D eigenvalue weighted by Crippen LogP contribution is -2.55. The van der Waals surface area contributed by atoms with E-state index in [4.69, 9.17) is 0 Å². The molecule has 2 fully saturated rings. The van der Waals surface area contributed by atoms with Crippen LogP contribution in [0.3, 0.4) is 0 Å². The maximum atomic E-state index is 3.82. The minimum atomic E-state index is 0.716. The molecule has 3 heteroatoms. The minimum absolute atomic E-state index is 0.716. The van der Waals surface area contributed by atoms with E-state index in [1.54, 1.807) is 0 Å². The van der Waals surface area contributed by atoms with Gasteiger partial charge in [0, 0.05) is 31.2 Å². The third kappa shape index (κ3) is 4.94. The van der Waals surface area contributed by atoms with Crippen molar-refractivity contribution in [2.75, 3.05) is 33.2 Å². The van der Waals surface area contributed by atoms with Crippen LogP contribution in [0.5, 0.6) is 0 Å². The molecule has 3 atom stereocenters. The van der Waals surface area contributed by atoms with Gasteiger partial charge in [-0.15, -0.1) is 0 Å². The van der Waals surface area contributed by atoms with Gasteiger partial charge in [0.1, 0.15) is 0 Å². The van der Waals surface area contributed by atoms with Crippen molar-refractivity contribution in [3.8, 4) is 0 Å². The predicted octanol–water partition coefficient (Wildman–Crippen LogP) is 3.10. The fraction of sp³-hybridized carbons (Fsp3) is 1.00. The molecule has 2 rings (SSSR count). The summed E-state index contributed by atoms with van der Waals surface area (Å²) in [6.07, 6.45) is 11.1. The lowest BCUT2D eigenvalue weighted by atomic mass is 9.89. The van der Waals surface area contributed by atoms with E-state index in [0.717, 1.165) is 18.6 Å². The van der Waals surface area contributed by atoms with Gasteiger partial charge in [-0.05, 0) is 45.8 Å². The predicted molar refractivity (Wildman–Crippen MR) is 91.9 cm³/mol. The number of rotatable bonds is 4. The van der Waals surface area contributed by atoms with Crippen LogP contribution in [0, 0.1) is 0 Å². The van der Waals surface area contributed by atoms with Crippen molar-refractivity contribution in [1.82, 2.24) is 15.1 Å². The van der Waals surface area contributed by atoms with E-state index in [9.17, 15) is 0 Å². The van der Waals surface area contributed by atoms with E-state index in [-0.39, 0.29) is 0 Å². The second-order valence-corrected chi connectivity index (χ2v) is 7.14. The van der Waals surface area contributed by atoms with E-state index in [2.05, 4.69) is 36.0 Å². The van der Waals surface area contributed by atoms with Crippen LogP contribution in [0.4, 0.5) is 0 Å².